The summed E-state index contributed by atoms with van der Waals surface area (Å²) >= 11 is 5.84. The number of hydrogen-bond acceptors (Lipinski definition) is 6. The third-order valence-corrected chi connectivity index (χ3v) is 5.29. The summed E-state index contributed by atoms with van der Waals surface area (Å²) in [4.78, 5) is 20.0. The van der Waals surface area contributed by atoms with Crippen molar-refractivity contribution >= 4 is 17.5 Å². The molecule has 0 radical (unpaired) electrons. The fraction of sp³-hybridized carbons (Fsp3) is 0.227. The minimum atomic E-state index is -0.992. The second-order valence-electron chi connectivity index (χ2n) is 7.34. The molecule has 160 valence electrons. The maximum atomic E-state index is 14.4. The predicted molar refractivity (Wildman–Crippen MR) is 112 cm³/mol. The number of ether oxygens (including phenoxy) is 1. The van der Waals surface area contributed by atoms with E-state index in [0.29, 0.717) is 34.7 Å². The zero-order valence-electron chi connectivity index (χ0n) is 16.4. The number of amides is 1. The summed E-state index contributed by atoms with van der Waals surface area (Å²) in [5.41, 5.74) is 0.182. The van der Waals surface area contributed by atoms with Gasteiger partial charge in [-0.1, -0.05) is 17.7 Å². The Morgan fingerprint density at radius 1 is 1.19 bits per heavy atom. The van der Waals surface area contributed by atoms with E-state index < -0.39 is 17.6 Å². The van der Waals surface area contributed by atoms with Crippen LogP contribution in [-0.2, 0) is 6.54 Å². The molecule has 3 aromatic rings. The topological polar surface area (TPSA) is 96.4 Å². The van der Waals surface area contributed by atoms with E-state index in [1.807, 2.05) is 0 Å². The smallest absolute Gasteiger partial charge is 0.254 e. The van der Waals surface area contributed by atoms with Crippen molar-refractivity contribution in [2.75, 3.05) is 0 Å². The fourth-order valence-electron chi connectivity index (χ4n) is 3.09. The lowest BCUT2D eigenvalue weighted by molar-refractivity contribution is 0.0660. The highest BCUT2D eigenvalue weighted by atomic mass is 35.5. The molecule has 9 heteroatoms. The van der Waals surface area contributed by atoms with Gasteiger partial charge in [0.2, 0.25) is 0 Å². The van der Waals surface area contributed by atoms with Crippen molar-refractivity contribution in [1.29, 1.82) is 0 Å². The Morgan fingerprint density at radius 2 is 1.90 bits per heavy atom. The normalized spacial score (nSPS) is 15.2. The molecule has 1 aliphatic rings. The third-order valence-electron chi connectivity index (χ3n) is 5.03. The van der Waals surface area contributed by atoms with Gasteiger partial charge < -0.3 is 15.2 Å². The van der Waals surface area contributed by atoms with Gasteiger partial charge in [0.25, 0.3) is 5.91 Å². The Bertz CT molecular complexity index is 1060. The van der Waals surface area contributed by atoms with Crippen molar-refractivity contribution in [3.8, 4) is 11.5 Å². The number of halogens is 2. The van der Waals surface area contributed by atoms with Crippen molar-refractivity contribution in [3.63, 3.8) is 0 Å². The van der Waals surface area contributed by atoms with E-state index in [-0.39, 0.29) is 18.2 Å². The van der Waals surface area contributed by atoms with Gasteiger partial charge in [0.1, 0.15) is 18.3 Å². The zero-order valence-corrected chi connectivity index (χ0v) is 17.1. The number of aliphatic hydroxyl groups excluding tert-OH is 1. The molecule has 1 fully saturated rings. The average Bonchev–Trinajstić information content (AvgIpc) is 3.56. The lowest BCUT2D eigenvalue weighted by Gasteiger charge is -2.24. The number of rotatable bonds is 8. The molecule has 0 aliphatic heterocycles. The Morgan fingerprint density at radius 3 is 2.55 bits per heavy atom. The molecule has 0 spiro atoms. The first-order chi connectivity index (χ1) is 14.9. The molecular weight excluding hydrogens is 423 g/mol. The van der Waals surface area contributed by atoms with E-state index in [0.717, 1.165) is 0 Å². The second-order valence-corrected chi connectivity index (χ2v) is 7.78. The highest BCUT2D eigenvalue weighted by Crippen LogP contribution is 2.38. The molecule has 1 amide bonds. The quantitative estimate of drug-likeness (QED) is 0.462. The minimum absolute atomic E-state index is 0.0858. The monoisotopic (exact) mass is 442 g/mol. The molecular formula is C22H20ClFN4O3. The van der Waals surface area contributed by atoms with Crippen LogP contribution in [0, 0.1) is 5.82 Å². The number of carbonyl (C=O) groups is 1. The number of aliphatic hydroxyl groups is 1. The Kier molecular flexibility index (Phi) is 6.13. The van der Waals surface area contributed by atoms with Crippen LogP contribution in [-0.4, -0.2) is 32.7 Å². The van der Waals surface area contributed by atoms with Gasteiger partial charge in [0.15, 0.2) is 11.6 Å². The number of aromatic nitrogens is 2. The van der Waals surface area contributed by atoms with Gasteiger partial charge in [0, 0.05) is 24.0 Å². The number of carbonyl (C=O) groups excluding carboxylic acids is 1. The number of benzene rings is 2. The van der Waals surface area contributed by atoms with Gasteiger partial charge in [-0.2, -0.15) is 0 Å². The van der Waals surface area contributed by atoms with Gasteiger partial charge in [-0.15, -0.1) is 0 Å². The summed E-state index contributed by atoms with van der Waals surface area (Å²) in [5, 5.41) is 16.9. The van der Waals surface area contributed by atoms with E-state index >= 15 is 0 Å². The van der Waals surface area contributed by atoms with Crippen molar-refractivity contribution in [2.24, 2.45) is 0 Å². The summed E-state index contributed by atoms with van der Waals surface area (Å²) in [7, 11) is 0. The van der Waals surface area contributed by atoms with Gasteiger partial charge in [-0.25, -0.2) is 14.4 Å². The largest absolute Gasteiger partial charge is 0.454 e. The van der Waals surface area contributed by atoms with E-state index in [2.05, 4.69) is 20.6 Å². The van der Waals surface area contributed by atoms with Gasteiger partial charge in [0.05, 0.1) is 11.1 Å². The molecule has 4 rings (SSSR count). The molecule has 1 unspecified atom stereocenters. The molecule has 0 saturated heterocycles. The van der Waals surface area contributed by atoms with Crippen LogP contribution in [0.1, 0.15) is 28.8 Å². The van der Waals surface area contributed by atoms with Crippen LogP contribution in [0.4, 0.5) is 4.39 Å². The van der Waals surface area contributed by atoms with Crippen molar-refractivity contribution in [2.45, 2.75) is 31.2 Å². The molecule has 2 aromatic carbocycles. The van der Waals surface area contributed by atoms with Crippen LogP contribution in [0.3, 0.4) is 0 Å². The molecule has 1 atom stereocenters. The Labute approximate surface area is 183 Å². The van der Waals surface area contributed by atoms with Crippen molar-refractivity contribution in [3.05, 3.63) is 83.2 Å². The fourth-order valence-corrected chi connectivity index (χ4v) is 3.22. The van der Waals surface area contributed by atoms with Crippen LogP contribution >= 0.6 is 11.6 Å². The maximum absolute atomic E-state index is 14.4. The number of nitrogens with zero attached hydrogens (tertiary/aromatic N) is 2. The zero-order chi connectivity index (χ0) is 21.8. The summed E-state index contributed by atoms with van der Waals surface area (Å²) < 4.78 is 20.0. The van der Waals surface area contributed by atoms with E-state index in [1.54, 1.807) is 30.3 Å². The Hall–Kier alpha value is -3.07. The van der Waals surface area contributed by atoms with Crippen molar-refractivity contribution < 1.29 is 19.0 Å². The second kappa shape index (κ2) is 8.97. The van der Waals surface area contributed by atoms with E-state index in [1.165, 1.54) is 30.9 Å². The standard InChI is InChI=1S/C22H20ClFN4O3/c23-16-2-4-17(5-3-16)31-19-6-1-14(9-18(19)24)10-27-21(30)22(7-8-22)28-20(29)15-11-25-13-26-12-15/h1-6,9,11-13,21,27,30H,7-8,10H2,(H,28,29). The average molecular weight is 443 g/mol. The number of hydrogen-bond donors (Lipinski definition) is 3. The van der Waals surface area contributed by atoms with Crippen LogP contribution < -0.4 is 15.4 Å². The van der Waals surface area contributed by atoms with Crippen LogP contribution in [0.5, 0.6) is 11.5 Å². The molecule has 1 saturated carbocycles. The summed E-state index contributed by atoms with van der Waals surface area (Å²) in [6.07, 6.45) is 4.43. The van der Waals surface area contributed by atoms with E-state index in [9.17, 15) is 14.3 Å². The third kappa shape index (κ3) is 5.16. The lowest BCUT2D eigenvalue weighted by atomic mass is 10.1. The highest BCUT2D eigenvalue weighted by molar-refractivity contribution is 6.30. The van der Waals surface area contributed by atoms with Gasteiger partial charge in [-0.3, -0.25) is 10.1 Å². The molecule has 1 aliphatic carbocycles. The first-order valence-corrected chi connectivity index (χ1v) is 10.0. The molecule has 1 aromatic heterocycles. The van der Waals surface area contributed by atoms with Crippen LogP contribution in [0.25, 0.3) is 0 Å². The van der Waals surface area contributed by atoms with Crippen LogP contribution in [0.2, 0.25) is 5.02 Å². The highest BCUT2D eigenvalue weighted by Gasteiger charge is 2.50. The van der Waals surface area contributed by atoms with E-state index in [4.69, 9.17) is 16.3 Å². The first kappa shape index (κ1) is 21.2. The van der Waals surface area contributed by atoms with Gasteiger partial charge in [-0.05, 0) is 54.8 Å². The molecule has 1 heterocycles. The summed E-state index contributed by atoms with van der Waals surface area (Å²) in [6, 6.07) is 11.2. The summed E-state index contributed by atoms with van der Waals surface area (Å²) in [5.74, 6) is -0.321. The molecule has 31 heavy (non-hydrogen) atoms. The summed E-state index contributed by atoms with van der Waals surface area (Å²) in [6.45, 7) is 0.214. The SMILES string of the molecule is O=C(NC1(C(O)NCc2ccc(Oc3ccc(Cl)cc3)c(F)c2)CC1)c1cncnc1. The predicted octanol–water partition coefficient (Wildman–Crippen LogP) is 3.43. The molecule has 7 nitrogen and oxygen atoms in total. The lowest BCUT2D eigenvalue weighted by Crippen LogP contribution is -2.52. The first-order valence-electron chi connectivity index (χ1n) is 9.66. The van der Waals surface area contributed by atoms with Crippen molar-refractivity contribution in [1.82, 2.24) is 20.6 Å². The number of nitrogens with one attached hydrogen (secondary N) is 2. The Balaban J connectivity index is 1.34. The minimum Gasteiger partial charge on any atom is -0.454 e. The van der Waals surface area contributed by atoms with Gasteiger partial charge >= 0.3 is 0 Å². The molecule has 0 bridgehead atoms. The maximum Gasteiger partial charge on any atom is 0.254 e. The van der Waals surface area contributed by atoms with Crippen LogP contribution in [0.15, 0.2) is 61.2 Å². The molecule has 3 N–H and O–H groups in total.